The fraction of sp³-hybridized carbons (Fsp3) is 0.143. The first kappa shape index (κ1) is 20.3. The third-order valence-corrected chi connectivity index (χ3v) is 4.88. The topological polar surface area (TPSA) is 88.5 Å². The van der Waals surface area contributed by atoms with Gasteiger partial charge in [0.2, 0.25) is 0 Å². The molecule has 3 rings (SSSR count). The molecule has 29 heavy (non-hydrogen) atoms. The Morgan fingerprint density at radius 1 is 1.10 bits per heavy atom. The summed E-state index contributed by atoms with van der Waals surface area (Å²) in [5.41, 5.74) is 5.77. The molecule has 1 aromatic heterocycles. The van der Waals surface area contributed by atoms with E-state index in [-0.39, 0.29) is 0 Å². The number of nitrogens with one attached hydrogen (secondary N) is 2. The van der Waals surface area contributed by atoms with Crippen LogP contribution in [0.3, 0.4) is 0 Å². The highest BCUT2D eigenvalue weighted by Crippen LogP contribution is 2.27. The van der Waals surface area contributed by atoms with Crippen molar-refractivity contribution in [2.45, 2.75) is 17.8 Å². The molecule has 7 nitrogen and oxygen atoms in total. The predicted octanol–water partition coefficient (Wildman–Crippen LogP) is 4.32. The maximum atomic E-state index is 12.0. The molecule has 0 fully saturated rings. The van der Waals surface area contributed by atoms with Gasteiger partial charge in [0, 0.05) is 29.4 Å². The molecule has 2 aromatic carbocycles. The van der Waals surface area contributed by atoms with E-state index >= 15 is 0 Å². The number of urea groups is 1. The third-order valence-electron chi connectivity index (χ3n) is 3.95. The Kier molecular flexibility index (Phi) is 7.18. The van der Waals surface area contributed by atoms with Crippen molar-refractivity contribution in [3.05, 3.63) is 78.1 Å². The minimum Gasteiger partial charge on any atom is -0.496 e. The molecule has 0 saturated carbocycles. The van der Waals surface area contributed by atoms with Crippen molar-refractivity contribution in [3.63, 3.8) is 0 Å². The maximum Gasteiger partial charge on any atom is 0.339 e. The Morgan fingerprint density at radius 3 is 2.59 bits per heavy atom. The smallest absolute Gasteiger partial charge is 0.339 e. The molecule has 1 heterocycles. The second-order valence-electron chi connectivity index (χ2n) is 5.98. The highest BCUT2D eigenvalue weighted by atomic mass is 32.2. The fourth-order valence-electron chi connectivity index (χ4n) is 2.50. The van der Waals surface area contributed by atoms with Gasteiger partial charge in [-0.1, -0.05) is 30.0 Å². The van der Waals surface area contributed by atoms with Crippen LogP contribution in [0.15, 0.2) is 77.2 Å². The molecule has 0 saturated heterocycles. The summed E-state index contributed by atoms with van der Waals surface area (Å²) < 4.78 is 5.46. The quantitative estimate of drug-likeness (QED) is 0.263. The molecule has 0 aliphatic rings. The third kappa shape index (κ3) is 6.05. The molecule has 0 radical (unpaired) electrons. The van der Waals surface area contributed by atoms with Crippen LogP contribution in [0.1, 0.15) is 18.1 Å². The first-order valence-electron chi connectivity index (χ1n) is 8.89. The maximum absolute atomic E-state index is 12.0. The molecular weight excluding hydrogens is 386 g/mol. The van der Waals surface area contributed by atoms with Crippen LogP contribution in [0.25, 0.3) is 0 Å². The standard InChI is InChI=1S/C21H21N5O2S/c1-15(25-26-20(27)24-18-7-4-3-5-8-18)16-9-10-19(28-2)17(13-16)14-29-21-22-11-6-12-23-21/h3-13H,14H2,1-2H3,(H2,24,26,27)/b25-15-. The van der Waals surface area contributed by atoms with E-state index in [1.165, 1.54) is 11.8 Å². The van der Waals surface area contributed by atoms with E-state index in [4.69, 9.17) is 4.74 Å². The minimum atomic E-state index is -0.402. The second kappa shape index (κ2) is 10.2. The Morgan fingerprint density at radius 2 is 1.86 bits per heavy atom. The van der Waals surface area contributed by atoms with Crippen molar-refractivity contribution in [2.24, 2.45) is 5.10 Å². The van der Waals surface area contributed by atoms with E-state index in [1.807, 2.05) is 43.3 Å². The van der Waals surface area contributed by atoms with E-state index in [0.717, 1.165) is 16.9 Å². The van der Waals surface area contributed by atoms with Crippen LogP contribution < -0.4 is 15.5 Å². The molecule has 0 bridgehead atoms. The molecule has 0 unspecified atom stereocenters. The molecular formula is C21H21N5O2S. The lowest BCUT2D eigenvalue weighted by atomic mass is 10.1. The van der Waals surface area contributed by atoms with Crippen molar-refractivity contribution in [1.29, 1.82) is 0 Å². The number of carbonyl (C=O) groups excluding carboxylic acids is 1. The summed E-state index contributed by atoms with van der Waals surface area (Å²) in [6, 6.07) is 16.4. The number of hydrogen-bond donors (Lipinski definition) is 2. The first-order valence-corrected chi connectivity index (χ1v) is 9.87. The number of rotatable bonds is 7. The number of thioether (sulfide) groups is 1. The highest BCUT2D eigenvalue weighted by molar-refractivity contribution is 7.98. The molecule has 8 heteroatoms. The number of methoxy groups -OCH3 is 1. The van der Waals surface area contributed by atoms with E-state index in [1.54, 1.807) is 37.7 Å². The van der Waals surface area contributed by atoms with Crippen molar-refractivity contribution in [1.82, 2.24) is 15.4 Å². The average molecular weight is 407 g/mol. The second-order valence-corrected chi connectivity index (χ2v) is 6.92. The van der Waals surface area contributed by atoms with Crippen LogP contribution in [0.4, 0.5) is 10.5 Å². The van der Waals surface area contributed by atoms with Gasteiger partial charge in [-0.15, -0.1) is 0 Å². The lowest BCUT2D eigenvalue weighted by molar-refractivity contribution is 0.252. The number of carbonyl (C=O) groups is 1. The van der Waals surface area contributed by atoms with Crippen LogP contribution in [0.2, 0.25) is 0 Å². The molecule has 0 spiro atoms. The number of hydrazone groups is 1. The molecule has 2 amide bonds. The van der Waals surface area contributed by atoms with Crippen LogP contribution >= 0.6 is 11.8 Å². The van der Waals surface area contributed by atoms with Crippen LogP contribution in [0.5, 0.6) is 5.75 Å². The molecule has 0 atom stereocenters. The van der Waals surface area contributed by atoms with Gasteiger partial charge < -0.3 is 10.1 Å². The largest absolute Gasteiger partial charge is 0.496 e. The summed E-state index contributed by atoms with van der Waals surface area (Å²) in [7, 11) is 1.64. The van der Waals surface area contributed by atoms with E-state index in [0.29, 0.717) is 22.3 Å². The van der Waals surface area contributed by atoms with Crippen LogP contribution in [-0.2, 0) is 5.75 Å². The summed E-state index contributed by atoms with van der Waals surface area (Å²) in [4.78, 5) is 20.5. The van der Waals surface area contributed by atoms with Crippen LogP contribution in [0, 0.1) is 0 Å². The van der Waals surface area contributed by atoms with Crippen molar-refractivity contribution < 1.29 is 9.53 Å². The Balaban J connectivity index is 1.67. The zero-order valence-corrected chi connectivity index (χ0v) is 16.9. The van der Waals surface area contributed by atoms with Crippen molar-refractivity contribution in [3.8, 4) is 5.75 Å². The van der Waals surface area contributed by atoms with Gasteiger partial charge in [0.1, 0.15) is 5.75 Å². The van der Waals surface area contributed by atoms with Crippen molar-refractivity contribution >= 4 is 29.2 Å². The van der Waals surface area contributed by atoms with Gasteiger partial charge in [0.25, 0.3) is 0 Å². The number of hydrogen-bond acceptors (Lipinski definition) is 6. The van der Waals surface area contributed by atoms with Gasteiger partial charge in [-0.2, -0.15) is 5.10 Å². The fourth-order valence-corrected chi connectivity index (χ4v) is 3.28. The van der Waals surface area contributed by atoms with Gasteiger partial charge in [0.15, 0.2) is 5.16 Å². The normalized spacial score (nSPS) is 11.0. The molecule has 3 aromatic rings. The predicted molar refractivity (Wildman–Crippen MR) is 115 cm³/mol. The SMILES string of the molecule is COc1ccc(/C(C)=N\NC(=O)Nc2ccccc2)cc1CSc1ncccn1. The number of amides is 2. The summed E-state index contributed by atoms with van der Waals surface area (Å²) in [5, 5.41) is 7.61. The highest BCUT2D eigenvalue weighted by Gasteiger charge is 2.09. The minimum absolute atomic E-state index is 0.402. The number of para-hydroxylation sites is 1. The zero-order valence-electron chi connectivity index (χ0n) is 16.1. The van der Waals surface area contributed by atoms with Gasteiger partial charge in [-0.05, 0) is 48.9 Å². The van der Waals surface area contributed by atoms with Crippen molar-refractivity contribution in [2.75, 3.05) is 12.4 Å². The van der Waals surface area contributed by atoms with Gasteiger partial charge in [0.05, 0.1) is 12.8 Å². The van der Waals surface area contributed by atoms with E-state index in [2.05, 4.69) is 25.8 Å². The molecule has 2 N–H and O–H groups in total. The van der Waals surface area contributed by atoms with Gasteiger partial charge in [-0.3, -0.25) is 0 Å². The Hall–Kier alpha value is -3.39. The summed E-state index contributed by atoms with van der Waals surface area (Å²) in [5.74, 6) is 1.43. The van der Waals surface area contributed by atoms with Gasteiger partial charge >= 0.3 is 6.03 Å². The average Bonchev–Trinajstić information content (AvgIpc) is 2.77. The molecule has 0 aliphatic carbocycles. The number of anilines is 1. The monoisotopic (exact) mass is 407 g/mol. The zero-order chi connectivity index (χ0) is 20.5. The van der Waals surface area contributed by atoms with E-state index in [9.17, 15) is 4.79 Å². The summed E-state index contributed by atoms with van der Waals surface area (Å²) >= 11 is 1.52. The van der Waals surface area contributed by atoms with Crippen LogP contribution in [-0.4, -0.2) is 28.8 Å². The number of ether oxygens (including phenoxy) is 1. The molecule has 0 aliphatic heterocycles. The number of aromatic nitrogens is 2. The summed E-state index contributed by atoms with van der Waals surface area (Å²) in [6.07, 6.45) is 3.43. The van der Waals surface area contributed by atoms with Gasteiger partial charge in [-0.25, -0.2) is 20.2 Å². The lowest BCUT2D eigenvalue weighted by Crippen LogP contribution is -2.25. The number of nitrogens with zero attached hydrogens (tertiary/aromatic N) is 3. The Bertz CT molecular complexity index is 981. The number of benzene rings is 2. The Labute approximate surface area is 173 Å². The first-order chi connectivity index (χ1) is 14.2. The molecule has 148 valence electrons. The van der Waals surface area contributed by atoms with E-state index < -0.39 is 6.03 Å². The summed E-state index contributed by atoms with van der Waals surface area (Å²) in [6.45, 7) is 1.84. The lowest BCUT2D eigenvalue weighted by Gasteiger charge is -2.11.